The molecule has 1 aromatic rings. The van der Waals surface area contributed by atoms with Gasteiger partial charge in [0.1, 0.15) is 0 Å². The fourth-order valence-electron chi connectivity index (χ4n) is 2.61. The number of carboxylic acid groups (broad SMARTS) is 1. The van der Waals surface area contributed by atoms with Crippen LogP contribution in [0.15, 0.2) is 30.3 Å². The Labute approximate surface area is 114 Å². The number of carbonyl (C=O) groups is 1. The molecule has 20 heavy (non-hydrogen) atoms. The van der Waals surface area contributed by atoms with Crippen LogP contribution >= 0.6 is 0 Å². The molecular formula is C13H15F3N2O2. The van der Waals surface area contributed by atoms with Crippen LogP contribution < -0.4 is 5.32 Å². The Balaban J connectivity index is 2.13. The Hall–Kier alpha value is -1.76. The van der Waals surface area contributed by atoms with Crippen molar-refractivity contribution in [2.45, 2.75) is 18.1 Å². The van der Waals surface area contributed by atoms with Gasteiger partial charge in [-0.25, -0.2) is 4.79 Å². The summed E-state index contributed by atoms with van der Waals surface area (Å²) in [5.41, 5.74) is 0.843. The number of hydrogen-bond acceptors (Lipinski definition) is 2. The molecule has 0 aromatic heterocycles. The van der Waals surface area contributed by atoms with E-state index in [0.29, 0.717) is 0 Å². The standard InChI is InChI=1S/C13H15F3N2O2/c14-13(15,16)8-18-6-10(9-4-2-1-3-5-9)11(7-18)17-12(19)20/h1-5,10-11,17H,6-8H2,(H,19,20)/t10-,11+/m1/s1. The molecule has 2 N–H and O–H groups in total. The van der Waals surface area contributed by atoms with Crippen LogP contribution in [0.4, 0.5) is 18.0 Å². The third-order valence-corrected chi connectivity index (χ3v) is 3.33. The summed E-state index contributed by atoms with van der Waals surface area (Å²) in [5, 5.41) is 11.1. The normalized spacial score (nSPS) is 23.8. The number of halogens is 3. The van der Waals surface area contributed by atoms with Gasteiger partial charge in [-0.1, -0.05) is 30.3 Å². The quantitative estimate of drug-likeness (QED) is 0.897. The molecule has 1 amide bonds. The molecule has 0 radical (unpaired) electrons. The molecule has 0 saturated carbocycles. The zero-order valence-electron chi connectivity index (χ0n) is 10.6. The maximum absolute atomic E-state index is 12.4. The molecule has 0 aliphatic carbocycles. The Morgan fingerprint density at radius 2 is 1.95 bits per heavy atom. The second-order valence-electron chi connectivity index (χ2n) is 4.88. The van der Waals surface area contributed by atoms with E-state index in [-0.39, 0.29) is 19.0 Å². The molecule has 2 rings (SSSR count). The van der Waals surface area contributed by atoms with E-state index in [9.17, 15) is 18.0 Å². The van der Waals surface area contributed by atoms with E-state index in [1.807, 2.05) is 6.07 Å². The van der Waals surface area contributed by atoms with Crippen molar-refractivity contribution in [3.63, 3.8) is 0 Å². The fourth-order valence-corrected chi connectivity index (χ4v) is 2.61. The van der Waals surface area contributed by atoms with Gasteiger partial charge in [0.05, 0.1) is 12.6 Å². The van der Waals surface area contributed by atoms with E-state index in [0.717, 1.165) is 5.56 Å². The summed E-state index contributed by atoms with van der Waals surface area (Å²) in [6.07, 6.45) is -5.50. The Morgan fingerprint density at radius 3 is 2.50 bits per heavy atom. The van der Waals surface area contributed by atoms with Crippen LogP contribution in [0, 0.1) is 0 Å². The van der Waals surface area contributed by atoms with Crippen LogP contribution in [0.5, 0.6) is 0 Å². The van der Waals surface area contributed by atoms with Crippen molar-refractivity contribution in [3.05, 3.63) is 35.9 Å². The fraction of sp³-hybridized carbons (Fsp3) is 0.462. The highest BCUT2D eigenvalue weighted by Crippen LogP contribution is 2.29. The van der Waals surface area contributed by atoms with Gasteiger partial charge in [-0.2, -0.15) is 13.2 Å². The van der Waals surface area contributed by atoms with Crippen molar-refractivity contribution < 1.29 is 23.1 Å². The van der Waals surface area contributed by atoms with Crippen molar-refractivity contribution in [2.24, 2.45) is 0 Å². The van der Waals surface area contributed by atoms with Gasteiger partial charge < -0.3 is 10.4 Å². The number of rotatable bonds is 3. The van der Waals surface area contributed by atoms with Crippen molar-refractivity contribution in [1.82, 2.24) is 10.2 Å². The lowest BCUT2D eigenvalue weighted by Crippen LogP contribution is -2.40. The molecule has 0 unspecified atom stereocenters. The number of nitrogens with zero attached hydrogens (tertiary/aromatic N) is 1. The van der Waals surface area contributed by atoms with Gasteiger partial charge in [-0.05, 0) is 5.56 Å². The second kappa shape index (κ2) is 5.70. The number of benzene rings is 1. The highest BCUT2D eigenvalue weighted by Gasteiger charge is 2.40. The number of amides is 1. The zero-order chi connectivity index (χ0) is 14.8. The van der Waals surface area contributed by atoms with Gasteiger partial charge in [-0.15, -0.1) is 0 Å². The van der Waals surface area contributed by atoms with E-state index in [4.69, 9.17) is 5.11 Å². The van der Waals surface area contributed by atoms with Crippen LogP contribution in [0.3, 0.4) is 0 Å². The predicted molar refractivity (Wildman–Crippen MR) is 66.6 cm³/mol. The van der Waals surface area contributed by atoms with Gasteiger partial charge in [0, 0.05) is 19.0 Å². The lowest BCUT2D eigenvalue weighted by Gasteiger charge is -2.18. The van der Waals surface area contributed by atoms with E-state index < -0.39 is 24.9 Å². The van der Waals surface area contributed by atoms with E-state index in [2.05, 4.69) is 5.32 Å². The number of alkyl halides is 3. The molecule has 110 valence electrons. The summed E-state index contributed by atoms with van der Waals surface area (Å²) < 4.78 is 37.3. The molecule has 1 fully saturated rings. The molecule has 1 aliphatic heterocycles. The number of hydrogen-bond donors (Lipinski definition) is 2. The van der Waals surface area contributed by atoms with Crippen LogP contribution in [-0.2, 0) is 0 Å². The monoisotopic (exact) mass is 288 g/mol. The Kier molecular flexibility index (Phi) is 4.17. The molecule has 1 saturated heterocycles. The van der Waals surface area contributed by atoms with Crippen LogP contribution in [0.1, 0.15) is 11.5 Å². The minimum Gasteiger partial charge on any atom is -0.465 e. The van der Waals surface area contributed by atoms with Gasteiger partial charge in [0.2, 0.25) is 0 Å². The summed E-state index contributed by atoms with van der Waals surface area (Å²) in [5.74, 6) is -0.269. The SMILES string of the molecule is O=C(O)N[C@H]1CN(CC(F)(F)F)C[C@@H]1c1ccccc1. The lowest BCUT2D eigenvalue weighted by atomic mass is 9.94. The smallest absolute Gasteiger partial charge is 0.404 e. The summed E-state index contributed by atoms with van der Waals surface area (Å²) in [6, 6.07) is 8.47. The van der Waals surface area contributed by atoms with Crippen molar-refractivity contribution in [3.8, 4) is 0 Å². The first-order chi connectivity index (χ1) is 9.35. The average Bonchev–Trinajstić information content (AvgIpc) is 2.69. The topological polar surface area (TPSA) is 52.6 Å². The largest absolute Gasteiger partial charge is 0.465 e. The van der Waals surface area contributed by atoms with Crippen LogP contribution in [0.2, 0.25) is 0 Å². The zero-order valence-corrected chi connectivity index (χ0v) is 10.6. The van der Waals surface area contributed by atoms with Crippen molar-refractivity contribution >= 4 is 6.09 Å². The summed E-state index contributed by atoms with van der Waals surface area (Å²) in [7, 11) is 0. The summed E-state index contributed by atoms with van der Waals surface area (Å²) in [4.78, 5) is 12.0. The molecule has 7 heteroatoms. The van der Waals surface area contributed by atoms with Crippen LogP contribution in [0.25, 0.3) is 0 Å². The van der Waals surface area contributed by atoms with Crippen molar-refractivity contribution in [2.75, 3.05) is 19.6 Å². The first kappa shape index (κ1) is 14.6. The predicted octanol–water partition coefficient (Wildman–Crippen LogP) is 2.28. The third kappa shape index (κ3) is 3.86. The number of likely N-dealkylation sites (tertiary alicyclic amines) is 1. The first-order valence-corrected chi connectivity index (χ1v) is 6.18. The van der Waals surface area contributed by atoms with Gasteiger partial charge in [-0.3, -0.25) is 4.90 Å². The second-order valence-corrected chi connectivity index (χ2v) is 4.88. The van der Waals surface area contributed by atoms with Crippen LogP contribution in [-0.4, -0.2) is 48.0 Å². The molecule has 1 aliphatic rings. The Morgan fingerprint density at radius 1 is 1.30 bits per heavy atom. The molecule has 0 spiro atoms. The maximum Gasteiger partial charge on any atom is 0.404 e. The van der Waals surface area contributed by atoms with E-state index in [1.54, 1.807) is 24.3 Å². The molecule has 1 aromatic carbocycles. The highest BCUT2D eigenvalue weighted by atomic mass is 19.4. The highest BCUT2D eigenvalue weighted by molar-refractivity contribution is 5.65. The van der Waals surface area contributed by atoms with Gasteiger partial charge >= 0.3 is 12.3 Å². The Bertz CT molecular complexity index is 464. The lowest BCUT2D eigenvalue weighted by molar-refractivity contribution is -0.143. The number of nitrogens with one attached hydrogen (secondary N) is 1. The van der Waals surface area contributed by atoms with Gasteiger partial charge in [0.25, 0.3) is 0 Å². The average molecular weight is 288 g/mol. The van der Waals surface area contributed by atoms with E-state index in [1.165, 1.54) is 4.90 Å². The van der Waals surface area contributed by atoms with E-state index >= 15 is 0 Å². The first-order valence-electron chi connectivity index (χ1n) is 6.18. The third-order valence-electron chi connectivity index (χ3n) is 3.33. The molecular weight excluding hydrogens is 273 g/mol. The molecule has 2 atom stereocenters. The minimum atomic E-state index is -4.28. The summed E-state index contributed by atoms with van der Waals surface area (Å²) in [6.45, 7) is -0.770. The summed E-state index contributed by atoms with van der Waals surface area (Å²) >= 11 is 0. The molecule has 0 bridgehead atoms. The molecule has 1 heterocycles. The van der Waals surface area contributed by atoms with Crippen molar-refractivity contribution in [1.29, 1.82) is 0 Å². The van der Waals surface area contributed by atoms with Gasteiger partial charge in [0.15, 0.2) is 0 Å². The maximum atomic E-state index is 12.4. The molecule has 4 nitrogen and oxygen atoms in total. The minimum absolute atomic E-state index is 0.0609.